The fourth-order valence-electron chi connectivity index (χ4n) is 1.78. The summed E-state index contributed by atoms with van der Waals surface area (Å²) in [6, 6.07) is 10.0. The molecule has 0 N–H and O–H groups in total. The molecule has 0 saturated heterocycles. The summed E-state index contributed by atoms with van der Waals surface area (Å²) in [4.78, 5) is 11.2. The molecule has 4 nitrogen and oxygen atoms in total. The van der Waals surface area contributed by atoms with E-state index < -0.39 is 0 Å². The molecule has 4 heteroatoms. The van der Waals surface area contributed by atoms with Gasteiger partial charge in [-0.2, -0.15) is 5.10 Å². The highest BCUT2D eigenvalue weighted by Gasteiger charge is 2.12. The third kappa shape index (κ3) is 2.77. The van der Waals surface area contributed by atoms with Crippen LogP contribution in [-0.4, -0.2) is 22.9 Å². The Kier molecular flexibility index (Phi) is 3.77. The van der Waals surface area contributed by atoms with Crippen LogP contribution in [0.15, 0.2) is 42.7 Å². The van der Waals surface area contributed by atoms with Gasteiger partial charge in [-0.25, -0.2) is 0 Å². The lowest BCUT2D eigenvalue weighted by molar-refractivity contribution is -0.141. The lowest BCUT2D eigenvalue weighted by atomic mass is 10.1. The van der Waals surface area contributed by atoms with E-state index in [1.165, 1.54) is 7.11 Å². The number of esters is 1. The first-order valence-electron chi connectivity index (χ1n) is 5.87. The van der Waals surface area contributed by atoms with Crippen molar-refractivity contribution in [3.8, 4) is 11.1 Å². The van der Waals surface area contributed by atoms with E-state index in [-0.39, 0.29) is 12.0 Å². The maximum absolute atomic E-state index is 11.2. The molecule has 2 rings (SSSR count). The number of carbonyl (C=O) groups is 1. The molecule has 0 aliphatic carbocycles. The molecule has 1 atom stereocenters. The maximum atomic E-state index is 11.2. The number of nitrogens with zero attached hydrogens (tertiary/aromatic N) is 2. The van der Waals surface area contributed by atoms with E-state index in [0.29, 0.717) is 6.42 Å². The average Bonchev–Trinajstić information content (AvgIpc) is 2.89. The van der Waals surface area contributed by atoms with Crippen LogP contribution in [0.25, 0.3) is 11.1 Å². The van der Waals surface area contributed by atoms with E-state index in [9.17, 15) is 4.79 Å². The lowest BCUT2D eigenvalue weighted by Gasteiger charge is -2.09. The summed E-state index contributed by atoms with van der Waals surface area (Å²) in [5.41, 5.74) is 2.17. The van der Waals surface area contributed by atoms with Crippen molar-refractivity contribution < 1.29 is 9.53 Å². The van der Waals surface area contributed by atoms with Crippen LogP contribution < -0.4 is 0 Å². The van der Waals surface area contributed by atoms with Crippen LogP contribution in [0.5, 0.6) is 0 Å². The quantitative estimate of drug-likeness (QED) is 0.777. The largest absolute Gasteiger partial charge is 0.469 e. The Morgan fingerprint density at radius 2 is 2.06 bits per heavy atom. The van der Waals surface area contributed by atoms with Gasteiger partial charge in [0.2, 0.25) is 0 Å². The first-order chi connectivity index (χ1) is 8.70. The summed E-state index contributed by atoms with van der Waals surface area (Å²) < 4.78 is 6.44. The Balaban J connectivity index is 2.13. The van der Waals surface area contributed by atoms with Gasteiger partial charge in [0.05, 0.1) is 25.8 Å². The zero-order valence-corrected chi connectivity index (χ0v) is 10.5. The highest BCUT2D eigenvalue weighted by atomic mass is 16.5. The van der Waals surface area contributed by atoms with Crippen LogP contribution in [0.3, 0.4) is 0 Å². The standard InChI is InChI=1S/C14H16N2O2/c1-11(8-14(17)18-2)16-10-13(9-15-16)12-6-4-3-5-7-12/h3-7,9-11H,8H2,1-2H3. The zero-order valence-electron chi connectivity index (χ0n) is 10.5. The number of benzene rings is 1. The fraction of sp³-hybridized carbons (Fsp3) is 0.286. The SMILES string of the molecule is COC(=O)CC(C)n1cc(-c2ccccc2)cn1. The summed E-state index contributed by atoms with van der Waals surface area (Å²) in [5, 5.41) is 4.29. The summed E-state index contributed by atoms with van der Waals surface area (Å²) in [7, 11) is 1.40. The van der Waals surface area contributed by atoms with Gasteiger partial charge in [0.15, 0.2) is 0 Å². The highest BCUT2D eigenvalue weighted by molar-refractivity contribution is 5.69. The van der Waals surface area contributed by atoms with Crippen LogP contribution >= 0.6 is 0 Å². The molecule has 18 heavy (non-hydrogen) atoms. The minimum absolute atomic E-state index is 0.00471. The summed E-state index contributed by atoms with van der Waals surface area (Å²) in [5.74, 6) is -0.223. The van der Waals surface area contributed by atoms with Crippen molar-refractivity contribution in [2.24, 2.45) is 0 Å². The van der Waals surface area contributed by atoms with Gasteiger partial charge in [0, 0.05) is 11.8 Å². The van der Waals surface area contributed by atoms with Gasteiger partial charge in [-0.3, -0.25) is 9.48 Å². The zero-order chi connectivity index (χ0) is 13.0. The number of hydrogen-bond donors (Lipinski definition) is 0. The minimum Gasteiger partial charge on any atom is -0.469 e. The molecule has 0 spiro atoms. The third-order valence-corrected chi connectivity index (χ3v) is 2.85. The molecule has 0 bridgehead atoms. The fourth-order valence-corrected chi connectivity index (χ4v) is 1.78. The minimum atomic E-state index is -0.223. The van der Waals surface area contributed by atoms with Crippen molar-refractivity contribution in [3.05, 3.63) is 42.7 Å². The van der Waals surface area contributed by atoms with Crippen LogP contribution in [0, 0.1) is 0 Å². The summed E-state index contributed by atoms with van der Waals surface area (Å²) in [6.07, 6.45) is 4.08. The molecular formula is C14H16N2O2. The second kappa shape index (κ2) is 5.49. The van der Waals surface area contributed by atoms with Gasteiger partial charge in [-0.15, -0.1) is 0 Å². The van der Waals surface area contributed by atoms with Crippen LogP contribution in [-0.2, 0) is 9.53 Å². The van der Waals surface area contributed by atoms with Crippen molar-refractivity contribution in [2.75, 3.05) is 7.11 Å². The highest BCUT2D eigenvalue weighted by Crippen LogP contribution is 2.20. The van der Waals surface area contributed by atoms with Crippen LogP contribution in [0.1, 0.15) is 19.4 Å². The number of aromatic nitrogens is 2. The lowest BCUT2D eigenvalue weighted by Crippen LogP contribution is -2.12. The van der Waals surface area contributed by atoms with Crippen molar-refractivity contribution in [1.29, 1.82) is 0 Å². The van der Waals surface area contributed by atoms with Crippen LogP contribution in [0.4, 0.5) is 0 Å². The van der Waals surface area contributed by atoms with Gasteiger partial charge in [-0.05, 0) is 12.5 Å². The molecule has 94 valence electrons. The molecule has 1 heterocycles. The van der Waals surface area contributed by atoms with Gasteiger partial charge in [-0.1, -0.05) is 30.3 Å². The van der Waals surface area contributed by atoms with E-state index in [0.717, 1.165) is 11.1 Å². The number of hydrogen-bond acceptors (Lipinski definition) is 3. The number of methoxy groups -OCH3 is 1. The summed E-state index contributed by atoms with van der Waals surface area (Å²) >= 11 is 0. The maximum Gasteiger partial charge on any atom is 0.307 e. The molecular weight excluding hydrogens is 228 g/mol. The molecule has 2 aromatic rings. The number of carbonyl (C=O) groups excluding carboxylic acids is 1. The van der Waals surface area contributed by atoms with E-state index in [2.05, 4.69) is 9.84 Å². The van der Waals surface area contributed by atoms with Gasteiger partial charge in [0.25, 0.3) is 0 Å². The second-order valence-electron chi connectivity index (χ2n) is 4.20. The average molecular weight is 244 g/mol. The van der Waals surface area contributed by atoms with Gasteiger partial charge < -0.3 is 4.74 Å². The predicted octanol–water partition coefficient (Wildman–Crippen LogP) is 2.67. The molecule has 0 radical (unpaired) electrons. The van der Waals surface area contributed by atoms with Crippen molar-refractivity contribution >= 4 is 5.97 Å². The topological polar surface area (TPSA) is 44.1 Å². The first-order valence-corrected chi connectivity index (χ1v) is 5.87. The molecule has 1 aromatic carbocycles. The van der Waals surface area contributed by atoms with Gasteiger partial charge in [0.1, 0.15) is 0 Å². The van der Waals surface area contributed by atoms with E-state index >= 15 is 0 Å². The Bertz CT molecular complexity index is 520. The van der Waals surface area contributed by atoms with Crippen molar-refractivity contribution in [2.45, 2.75) is 19.4 Å². The normalized spacial score (nSPS) is 12.1. The van der Waals surface area contributed by atoms with Gasteiger partial charge >= 0.3 is 5.97 Å². The Morgan fingerprint density at radius 3 is 2.72 bits per heavy atom. The molecule has 1 unspecified atom stereocenters. The Hall–Kier alpha value is -2.10. The Labute approximate surface area is 106 Å². The Morgan fingerprint density at radius 1 is 1.33 bits per heavy atom. The van der Waals surface area contributed by atoms with E-state index in [1.807, 2.05) is 49.6 Å². The smallest absolute Gasteiger partial charge is 0.307 e. The number of rotatable bonds is 4. The van der Waals surface area contributed by atoms with Crippen molar-refractivity contribution in [3.63, 3.8) is 0 Å². The molecule has 0 aliphatic rings. The second-order valence-corrected chi connectivity index (χ2v) is 4.20. The predicted molar refractivity (Wildman–Crippen MR) is 69.0 cm³/mol. The molecule has 0 saturated carbocycles. The monoisotopic (exact) mass is 244 g/mol. The molecule has 0 fully saturated rings. The molecule has 1 aromatic heterocycles. The molecule has 0 aliphatic heterocycles. The number of ether oxygens (including phenoxy) is 1. The molecule has 0 amide bonds. The van der Waals surface area contributed by atoms with Crippen molar-refractivity contribution in [1.82, 2.24) is 9.78 Å². The summed E-state index contributed by atoms with van der Waals surface area (Å²) in [6.45, 7) is 1.94. The van der Waals surface area contributed by atoms with Crippen LogP contribution in [0.2, 0.25) is 0 Å². The first kappa shape index (κ1) is 12.4. The van der Waals surface area contributed by atoms with E-state index in [4.69, 9.17) is 0 Å². The third-order valence-electron chi connectivity index (χ3n) is 2.85. The van der Waals surface area contributed by atoms with E-state index in [1.54, 1.807) is 4.68 Å².